The molecule has 0 unspecified atom stereocenters. The average Bonchev–Trinajstić information content (AvgIpc) is 2.06. The minimum Gasteiger partial charge on any atom is -0.387 e. The third kappa shape index (κ3) is 2.27. The second-order valence-corrected chi connectivity index (χ2v) is 2.91. The first-order valence-electron chi connectivity index (χ1n) is 3.61. The van der Waals surface area contributed by atoms with Gasteiger partial charge in [-0.25, -0.2) is 0 Å². The highest BCUT2D eigenvalue weighted by Gasteiger charge is 2.04. The zero-order chi connectivity index (χ0) is 8.97. The van der Waals surface area contributed by atoms with Crippen molar-refractivity contribution in [1.29, 1.82) is 0 Å². The first-order valence-corrected chi connectivity index (χ1v) is 3.99. The summed E-state index contributed by atoms with van der Waals surface area (Å²) >= 11 is 5.67. The van der Waals surface area contributed by atoms with E-state index in [9.17, 15) is 5.11 Å². The average molecular weight is 181 g/mol. The highest BCUT2D eigenvalue weighted by atomic mass is 35.5. The molecular weight excluding hydrogens is 172 g/mol. The van der Waals surface area contributed by atoms with Gasteiger partial charge >= 0.3 is 0 Å². The highest BCUT2D eigenvalue weighted by Crippen LogP contribution is 2.18. The fraction of sp³-hybridized carbons (Fsp3) is 0.200. The van der Waals surface area contributed by atoms with E-state index in [0.29, 0.717) is 11.4 Å². The number of aliphatic hydroxyl groups is 1. The Bertz CT molecular complexity index is 284. The number of hydrogen-bond acceptors (Lipinski definition) is 1. The van der Waals surface area contributed by atoms with E-state index in [1.54, 1.807) is 24.3 Å². The summed E-state index contributed by atoms with van der Waals surface area (Å²) < 4.78 is 0. The second kappa shape index (κ2) is 4.15. The van der Waals surface area contributed by atoms with Gasteiger partial charge in [0.2, 0.25) is 0 Å². The van der Waals surface area contributed by atoms with Crippen LogP contribution in [0.1, 0.15) is 18.1 Å². The van der Waals surface area contributed by atoms with Gasteiger partial charge in [-0.2, -0.15) is 0 Å². The van der Waals surface area contributed by atoms with Crippen molar-refractivity contribution in [3.8, 4) is 12.3 Å². The molecule has 0 spiro atoms. The van der Waals surface area contributed by atoms with E-state index in [1.165, 1.54) is 0 Å². The molecule has 0 bridgehead atoms. The summed E-state index contributed by atoms with van der Waals surface area (Å²) in [6.45, 7) is 0. The summed E-state index contributed by atoms with van der Waals surface area (Å²) in [6.07, 6.45) is 4.82. The number of terminal acetylenes is 1. The predicted molar refractivity (Wildman–Crippen MR) is 49.9 cm³/mol. The van der Waals surface area contributed by atoms with Gasteiger partial charge in [-0.15, -0.1) is 12.3 Å². The van der Waals surface area contributed by atoms with Crippen LogP contribution in [0.15, 0.2) is 24.3 Å². The van der Waals surface area contributed by atoms with E-state index in [0.717, 1.165) is 5.56 Å². The minimum atomic E-state index is -0.577. The molecule has 1 atom stereocenters. The molecule has 0 amide bonds. The minimum absolute atomic E-state index is 0.335. The summed E-state index contributed by atoms with van der Waals surface area (Å²) in [7, 11) is 0. The molecule has 0 radical (unpaired) electrons. The maximum atomic E-state index is 9.43. The van der Waals surface area contributed by atoms with Crippen molar-refractivity contribution in [1.82, 2.24) is 0 Å². The van der Waals surface area contributed by atoms with Crippen LogP contribution in [0, 0.1) is 12.3 Å². The lowest BCUT2D eigenvalue weighted by Gasteiger charge is -2.06. The van der Waals surface area contributed by atoms with Crippen LogP contribution >= 0.6 is 11.6 Å². The van der Waals surface area contributed by atoms with E-state index in [2.05, 4.69) is 5.92 Å². The van der Waals surface area contributed by atoms with E-state index in [4.69, 9.17) is 18.0 Å². The van der Waals surface area contributed by atoms with Gasteiger partial charge in [0.25, 0.3) is 0 Å². The van der Waals surface area contributed by atoms with Crippen LogP contribution in [0.25, 0.3) is 0 Å². The molecule has 0 aliphatic heterocycles. The molecule has 0 aliphatic rings. The molecule has 62 valence electrons. The Kier molecular flexibility index (Phi) is 3.16. The largest absolute Gasteiger partial charge is 0.387 e. The Hall–Kier alpha value is -0.970. The topological polar surface area (TPSA) is 20.2 Å². The Balaban J connectivity index is 2.76. The summed E-state index contributed by atoms with van der Waals surface area (Å²) in [5.41, 5.74) is 0.803. The first-order chi connectivity index (χ1) is 5.74. The lowest BCUT2D eigenvalue weighted by molar-refractivity contribution is 0.184. The molecule has 2 heteroatoms. The van der Waals surface area contributed by atoms with Crippen molar-refractivity contribution in [2.24, 2.45) is 0 Å². The third-order valence-electron chi connectivity index (χ3n) is 1.57. The molecular formula is C10H9ClO. The van der Waals surface area contributed by atoms with Crippen molar-refractivity contribution in [2.45, 2.75) is 12.5 Å². The van der Waals surface area contributed by atoms with Gasteiger partial charge in [0.1, 0.15) is 0 Å². The van der Waals surface area contributed by atoms with Crippen molar-refractivity contribution in [2.75, 3.05) is 0 Å². The highest BCUT2D eigenvalue weighted by molar-refractivity contribution is 6.30. The van der Waals surface area contributed by atoms with Crippen LogP contribution in [0.3, 0.4) is 0 Å². The maximum absolute atomic E-state index is 9.43. The van der Waals surface area contributed by atoms with Crippen LogP contribution in [-0.2, 0) is 0 Å². The normalized spacial score (nSPS) is 12.1. The zero-order valence-corrected chi connectivity index (χ0v) is 7.25. The summed E-state index contributed by atoms with van der Waals surface area (Å²) in [5.74, 6) is 2.40. The van der Waals surface area contributed by atoms with Crippen molar-refractivity contribution >= 4 is 11.6 Å². The van der Waals surface area contributed by atoms with Crippen molar-refractivity contribution in [3.63, 3.8) is 0 Å². The lowest BCUT2D eigenvalue weighted by Crippen LogP contribution is -1.94. The number of benzene rings is 1. The van der Waals surface area contributed by atoms with Gasteiger partial charge in [-0.1, -0.05) is 23.7 Å². The van der Waals surface area contributed by atoms with Gasteiger partial charge in [-0.3, -0.25) is 0 Å². The molecule has 0 saturated heterocycles. The molecule has 1 aromatic rings. The van der Waals surface area contributed by atoms with Crippen molar-refractivity contribution < 1.29 is 5.11 Å². The number of rotatable bonds is 2. The fourth-order valence-electron chi connectivity index (χ4n) is 0.914. The molecule has 1 aromatic carbocycles. The van der Waals surface area contributed by atoms with Gasteiger partial charge in [0.05, 0.1) is 6.10 Å². The smallest absolute Gasteiger partial charge is 0.0899 e. The standard InChI is InChI=1S/C10H9ClO/c1-2-3-10(12)8-4-6-9(11)7-5-8/h1,4-7,10,12H,3H2/t10-/m1/s1. The monoisotopic (exact) mass is 180 g/mol. The fourth-order valence-corrected chi connectivity index (χ4v) is 1.04. The number of aliphatic hydroxyl groups excluding tert-OH is 1. The first kappa shape index (κ1) is 9.12. The summed E-state index contributed by atoms with van der Waals surface area (Å²) in [6, 6.07) is 7.00. The number of halogens is 1. The SMILES string of the molecule is C#CC[C@@H](O)c1ccc(Cl)cc1. The Morgan fingerprint density at radius 2 is 2.00 bits per heavy atom. The van der Waals surface area contributed by atoms with Crippen molar-refractivity contribution in [3.05, 3.63) is 34.9 Å². The second-order valence-electron chi connectivity index (χ2n) is 2.48. The molecule has 1 rings (SSSR count). The summed E-state index contributed by atoms with van der Waals surface area (Å²) in [5, 5.41) is 10.1. The van der Waals surface area contributed by atoms with Crippen LogP contribution in [-0.4, -0.2) is 5.11 Å². The third-order valence-corrected chi connectivity index (χ3v) is 1.82. The molecule has 12 heavy (non-hydrogen) atoms. The quantitative estimate of drug-likeness (QED) is 0.693. The molecule has 0 aromatic heterocycles. The van der Waals surface area contributed by atoms with Gasteiger partial charge in [0, 0.05) is 11.4 Å². The molecule has 0 saturated carbocycles. The maximum Gasteiger partial charge on any atom is 0.0899 e. The molecule has 1 nitrogen and oxygen atoms in total. The molecule has 0 heterocycles. The van der Waals surface area contributed by atoms with Crippen LogP contribution < -0.4 is 0 Å². The van der Waals surface area contributed by atoms with E-state index in [-0.39, 0.29) is 0 Å². The van der Waals surface area contributed by atoms with Gasteiger partial charge in [-0.05, 0) is 17.7 Å². The Labute approximate surface area is 77.0 Å². The van der Waals surface area contributed by atoms with Gasteiger partial charge in [0.15, 0.2) is 0 Å². The van der Waals surface area contributed by atoms with E-state index >= 15 is 0 Å². The van der Waals surface area contributed by atoms with Crippen LogP contribution in [0.4, 0.5) is 0 Å². The lowest BCUT2D eigenvalue weighted by atomic mass is 10.1. The molecule has 1 N–H and O–H groups in total. The van der Waals surface area contributed by atoms with E-state index < -0.39 is 6.10 Å². The predicted octanol–water partition coefficient (Wildman–Crippen LogP) is 2.40. The van der Waals surface area contributed by atoms with E-state index in [1.807, 2.05) is 0 Å². The number of hydrogen-bond donors (Lipinski definition) is 1. The Morgan fingerprint density at radius 1 is 1.42 bits per heavy atom. The molecule has 0 aliphatic carbocycles. The zero-order valence-electron chi connectivity index (χ0n) is 6.50. The van der Waals surface area contributed by atoms with Crippen LogP contribution in [0.2, 0.25) is 5.02 Å². The summed E-state index contributed by atoms with van der Waals surface area (Å²) in [4.78, 5) is 0. The van der Waals surface area contributed by atoms with Gasteiger partial charge < -0.3 is 5.11 Å². The van der Waals surface area contributed by atoms with Crippen LogP contribution in [0.5, 0.6) is 0 Å². The Morgan fingerprint density at radius 3 is 2.50 bits per heavy atom. The molecule has 0 fully saturated rings.